The van der Waals surface area contributed by atoms with Crippen LogP contribution in [0.2, 0.25) is 5.02 Å². The lowest BCUT2D eigenvalue weighted by Gasteiger charge is -2.07. The van der Waals surface area contributed by atoms with Crippen LogP contribution >= 0.6 is 11.6 Å². The van der Waals surface area contributed by atoms with E-state index in [2.05, 4.69) is 17.2 Å². The van der Waals surface area contributed by atoms with Crippen molar-refractivity contribution in [3.05, 3.63) is 64.2 Å². The Kier molecular flexibility index (Phi) is 4.99. The second-order valence-corrected chi connectivity index (χ2v) is 4.99. The van der Waals surface area contributed by atoms with Crippen LogP contribution in [-0.4, -0.2) is 12.5 Å². The summed E-state index contributed by atoms with van der Waals surface area (Å²) in [6, 6.07) is 12.5. The molecule has 0 saturated carbocycles. The molecule has 0 fully saturated rings. The number of amides is 1. The maximum absolute atomic E-state index is 12.2. The average molecular weight is 299 g/mol. The summed E-state index contributed by atoms with van der Waals surface area (Å²) in [5.41, 5.74) is 8.41. The number of carbonyl (C=O) groups is 1. The standard InChI is InChI=1S/C17H15ClN2O/c1-12-8-13(4-3-7-19)10-16(9-12)20-17(21)14-5-2-6-15(18)11-14/h2,5-6,8-11H,7,19H2,1H3,(H,20,21). The molecule has 0 atom stereocenters. The normalized spacial score (nSPS) is 9.67. The van der Waals surface area contributed by atoms with Crippen LogP contribution in [0, 0.1) is 18.8 Å². The van der Waals surface area contributed by atoms with Gasteiger partial charge in [0.25, 0.3) is 5.91 Å². The Labute approximate surface area is 129 Å². The fraction of sp³-hybridized carbons (Fsp3) is 0.118. The summed E-state index contributed by atoms with van der Waals surface area (Å²) in [6.07, 6.45) is 0. The second kappa shape index (κ2) is 6.94. The minimum atomic E-state index is -0.208. The van der Waals surface area contributed by atoms with Crippen LogP contribution in [0.25, 0.3) is 0 Å². The van der Waals surface area contributed by atoms with Crippen molar-refractivity contribution >= 4 is 23.2 Å². The van der Waals surface area contributed by atoms with Crippen molar-refractivity contribution in [2.45, 2.75) is 6.92 Å². The average Bonchev–Trinajstić information content (AvgIpc) is 2.44. The zero-order valence-corrected chi connectivity index (χ0v) is 12.4. The molecule has 0 heterocycles. The van der Waals surface area contributed by atoms with Gasteiger partial charge in [0.15, 0.2) is 0 Å². The first-order valence-electron chi connectivity index (χ1n) is 6.46. The predicted octanol–water partition coefficient (Wildman–Crippen LogP) is 3.21. The molecule has 0 aliphatic carbocycles. The third-order valence-corrected chi connectivity index (χ3v) is 2.99. The number of hydrogen-bond acceptors (Lipinski definition) is 2. The SMILES string of the molecule is Cc1cc(C#CCN)cc(NC(=O)c2cccc(Cl)c2)c1. The molecule has 106 valence electrons. The molecule has 0 saturated heterocycles. The molecule has 0 aliphatic heterocycles. The third kappa shape index (κ3) is 4.35. The first-order chi connectivity index (χ1) is 10.1. The van der Waals surface area contributed by atoms with Gasteiger partial charge in [-0.3, -0.25) is 4.79 Å². The Morgan fingerprint density at radius 1 is 1.29 bits per heavy atom. The zero-order chi connectivity index (χ0) is 15.2. The minimum Gasteiger partial charge on any atom is -0.322 e. The Hall–Kier alpha value is -2.28. The summed E-state index contributed by atoms with van der Waals surface area (Å²) in [5.74, 6) is 5.55. The summed E-state index contributed by atoms with van der Waals surface area (Å²) in [6.45, 7) is 2.25. The van der Waals surface area contributed by atoms with Crippen LogP contribution < -0.4 is 11.1 Å². The van der Waals surface area contributed by atoms with E-state index in [-0.39, 0.29) is 5.91 Å². The van der Waals surface area contributed by atoms with Crippen LogP contribution in [-0.2, 0) is 0 Å². The van der Waals surface area contributed by atoms with Crippen molar-refractivity contribution in [3.8, 4) is 11.8 Å². The highest BCUT2D eigenvalue weighted by Gasteiger charge is 2.07. The monoisotopic (exact) mass is 298 g/mol. The highest BCUT2D eigenvalue weighted by Crippen LogP contribution is 2.16. The Morgan fingerprint density at radius 2 is 2.10 bits per heavy atom. The minimum absolute atomic E-state index is 0.208. The fourth-order valence-electron chi connectivity index (χ4n) is 1.91. The molecule has 4 heteroatoms. The molecule has 21 heavy (non-hydrogen) atoms. The summed E-state index contributed by atoms with van der Waals surface area (Å²) in [4.78, 5) is 12.2. The molecule has 0 radical (unpaired) electrons. The van der Waals surface area contributed by atoms with E-state index in [1.54, 1.807) is 24.3 Å². The van der Waals surface area contributed by atoms with E-state index in [9.17, 15) is 4.79 Å². The second-order valence-electron chi connectivity index (χ2n) is 4.56. The van der Waals surface area contributed by atoms with Gasteiger partial charge in [0, 0.05) is 21.8 Å². The molecule has 0 bridgehead atoms. The lowest BCUT2D eigenvalue weighted by molar-refractivity contribution is 0.102. The van der Waals surface area contributed by atoms with E-state index in [1.165, 1.54) is 0 Å². The van der Waals surface area contributed by atoms with Crippen LogP contribution in [0.15, 0.2) is 42.5 Å². The lowest BCUT2D eigenvalue weighted by Crippen LogP contribution is -2.12. The van der Waals surface area contributed by atoms with E-state index in [0.717, 1.165) is 11.1 Å². The van der Waals surface area contributed by atoms with Gasteiger partial charge in [-0.25, -0.2) is 0 Å². The Bertz CT molecular complexity index is 729. The van der Waals surface area contributed by atoms with Crippen molar-refractivity contribution in [1.82, 2.24) is 0 Å². The molecule has 0 unspecified atom stereocenters. The van der Waals surface area contributed by atoms with Crippen LogP contribution in [0.4, 0.5) is 5.69 Å². The molecule has 0 spiro atoms. The highest BCUT2D eigenvalue weighted by molar-refractivity contribution is 6.31. The van der Waals surface area contributed by atoms with Gasteiger partial charge < -0.3 is 11.1 Å². The number of benzene rings is 2. The van der Waals surface area contributed by atoms with Gasteiger partial charge in [0.1, 0.15) is 0 Å². The van der Waals surface area contributed by atoms with Gasteiger partial charge in [0.2, 0.25) is 0 Å². The van der Waals surface area contributed by atoms with Gasteiger partial charge in [0.05, 0.1) is 6.54 Å². The molecule has 1 amide bonds. The predicted molar refractivity (Wildman–Crippen MR) is 86.5 cm³/mol. The summed E-state index contributed by atoms with van der Waals surface area (Å²) >= 11 is 5.89. The van der Waals surface area contributed by atoms with Gasteiger partial charge in [-0.1, -0.05) is 29.5 Å². The smallest absolute Gasteiger partial charge is 0.255 e. The van der Waals surface area contributed by atoms with Crippen molar-refractivity contribution < 1.29 is 4.79 Å². The number of aryl methyl sites for hydroxylation is 1. The van der Waals surface area contributed by atoms with Crippen LogP contribution in [0.3, 0.4) is 0 Å². The summed E-state index contributed by atoms with van der Waals surface area (Å²) in [5, 5.41) is 3.38. The molecule has 2 aromatic rings. The third-order valence-electron chi connectivity index (χ3n) is 2.76. The van der Waals surface area contributed by atoms with Gasteiger partial charge >= 0.3 is 0 Å². The van der Waals surface area contributed by atoms with Crippen LogP contribution in [0.1, 0.15) is 21.5 Å². The van der Waals surface area contributed by atoms with Crippen molar-refractivity contribution in [2.75, 3.05) is 11.9 Å². The van der Waals surface area contributed by atoms with Gasteiger partial charge in [-0.2, -0.15) is 0 Å². The topological polar surface area (TPSA) is 55.1 Å². The fourth-order valence-corrected chi connectivity index (χ4v) is 2.10. The number of hydrogen-bond donors (Lipinski definition) is 2. The zero-order valence-electron chi connectivity index (χ0n) is 11.6. The molecule has 3 nitrogen and oxygen atoms in total. The largest absolute Gasteiger partial charge is 0.322 e. The maximum atomic E-state index is 12.2. The molecule has 3 N–H and O–H groups in total. The number of nitrogens with two attached hydrogens (primary N) is 1. The van der Waals surface area contributed by atoms with Crippen molar-refractivity contribution in [2.24, 2.45) is 5.73 Å². The number of anilines is 1. The lowest BCUT2D eigenvalue weighted by atomic mass is 10.1. The van der Waals surface area contributed by atoms with Gasteiger partial charge in [-0.05, 0) is 48.9 Å². The van der Waals surface area contributed by atoms with E-state index in [1.807, 2.05) is 25.1 Å². The van der Waals surface area contributed by atoms with Gasteiger partial charge in [-0.15, -0.1) is 0 Å². The molecular formula is C17H15ClN2O. The molecular weight excluding hydrogens is 284 g/mol. The van der Waals surface area contributed by atoms with Crippen molar-refractivity contribution in [3.63, 3.8) is 0 Å². The number of nitrogens with one attached hydrogen (secondary N) is 1. The maximum Gasteiger partial charge on any atom is 0.255 e. The van der Waals surface area contributed by atoms with E-state index >= 15 is 0 Å². The van der Waals surface area contributed by atoms with Crippen molar-refractivity contribution in [1.29, 1.82) is 0 Å². The molecule has 0 aliphatic rings. The van der Waals surface area contributed by atoms with Crippen LogP contribution in [0.5, 0.6) is 0 Å². The molecule has 2 aromatic carbocycles. The number of rotatable bonds is 2. The molecule has 0 aromatic heterocycles. The first-order valence-corrected chi connectivity index (χ1v) is 6.84. The van der Waals surface area contributed by atoms with E-state index in [0.29, 0.717) is 22.8 Å². The Balaban J connectivity index is 2.23. The summed E-state index contributed by atoms with van der Waals surface area (Å²) in [7, 11) is 0. The quantitative estimate of drug-likeness (QED) is 0.837. The first kappa shape index (κ1) is 15.1. The highest BCUT2D eigenvalue weighted by atomic mass is 35.5. The Morgan fingerprint density at radius 3 is 2.81 bits per heavy atom. The number of carbonyl (C=O) groups excluding carboxylic acids is 1. The summed E-state index contributed by atoms with van der Waals surface area (Å²) < 4.78 is 0. The number of halogens is 1. The van der Waals surface area contributed by atoms with E-state index in [4.69, 9.17) is 17.3 Å². The molecule has 2 rings (SSSR count). The van der Waals surface area contributed by atoms with E-state index < -0.39 is 0 Å².